The number of nitriles is 1. The molecule has 0 aliphatic carbocycles. The summed E-state index contributed by atoms with van der Waals surface area (Å²) in [6.07, 6.45) is -4.38. The number of aryl methyl sites for hydroxylation is 1. The van der Waals surface area contributed by atoms with Gasteiger partial charge in [0.2, 0.25) is 0 Å². The van der Waals surface area contributed by atoms with Crippen LogP contribution in [0.5, 0.6) is 0 Å². The number of hydrogen-bond acceptors (Lipinski definition) is 3. The maximum Gasteiger partial charge on any atom is 0.417 e. The quantitative estimate of drug-likeness (QED) is 0.904. The number of hydrogen-bond donors (Lipinski definition) is 1. The first-order valence-corrected chi connectivity index (χ1v) is 8.39. The van der Waals surface area contributed by atoms with Gasteiger partial charge in [-0.2, -0.15) is 18.4 Å². The highest BCUT2D eigenvalue weighted by atomic mass is 32.2. The molecule has 126 valence electrons. The lowest BCUT2D eigenvalue weighted by molar-refractivity contribution is -0.139. The number of rotatable bonds is 4. The van der Waals surface area contributed by atoms with E-state index in [-0.39, 0.29) is 5.69 Å². The van der Waals surface area contributed by atoms with Gasteiger partial charge in [0.15, 0.2) is 0 Å². The van der Waals surface area contributed by atoms with Crippen molar-refractivity contribution in [2.75, 3.05) is 4.72 Å². The second kappa shape index (κ2) is 6.53. The van der Waals surface area contributed by atoms with Gasteiger partial charge in [-0.1, -0.05) is 19.1 Å². The highest BCUT2D eigenvalue weighted by Gasteiger charge is 2.37. The Kier molecular flexibility index (Phi) is 4.85. The highest BCUT2D eigenvalue weighted by molar-refractivity contribution is 7.92. The Morgan fingerprint density at radius 2 is 1.83 bits per heavy atom. The number of nitrogens with zero attached hydrogens (tertiary/aromatic N) is 1. The summed E-state index contributed by atoms with van der Waals surface area (Å²) >= 11 is 0. The lowest BCUT2D eigenvalue weighted by atomic mass is 10.1. The van der Waals surface area contributed by atoms with Crippen molar-refractivity contribution < 1.29 is 21.6 Å². The van der Waals surface area contributed by atoms with E-state index in [1.807, 2.05) is 6.07 Å². The number of sulfonamides is 1. The SMILES string of the molecule is CCc1cc(C#N)ccc1NS(=O)(=O)c1ccccc1C(F)(F)F. The molecule has 2 rings (SSSR count). The molecule has 0 aromatic heterocycles. The normalized spacial score (nSPS) is 11.8. The Bertz CT molecular complexity index is 900. The average Bonchev–Trinajstić information content (AvgIpc) is 2.54. The predicted octanol–water partition coefficient (Wildman–Crippen LogP) is 3.94. The molecule has 8 heteroatoms. The first-order chi connectivity index (χ1) is 11.2. The number of nitrogens with one attached hydrogen (secondary N) is 1. The molecule has 0 aliphatic rings. The maximum absolute atomic E-state index is 13.0. The van der Waals surface area contributed by atoms with E-state index in [1.165, 1.54) is 24.3 Å². The van der Waals surface area contributed by atoms with Crippen molar-refractivity contribution in [2.45, 2.75) is 24.4 Å². The summed E-state index contributed by atoms with van der Waals surface area (Å²) in [5.41, 5.74) is -0.231. The lowest BCUT2D eigenvalue weighted by Gasteiger charge is -2.16. The van der Waals surface area contributed by atoms with Gasteiger partial charge in [0.25, 0.3) is 10.0 Å². The van der Waals surface area contributed by atoms with Crippen molar-refractivity contribution in [3.05, 3.63) is 59.2 Å². The molecular weight excluding hydrogens is 341 g/mol. The summed E-state index contributed by atoms with van der Waals surface area (Å²) in [4.78, 5) is -0.844. The van der Waals surface area contributed by atoms with Crippen molar-refractivity contribution in [3.8, 4) is 6.07 Å². The fourth-order valence-corrected chi connectivity index (χ4v) is 3.52. The molecule has 24 heavy (non-hydrogen) atoms. The predicted molar refractivity (Wildman–Crippen MR) is 82.8 cm³/mol. The van der Waals surface area contributed by atoms with Crippen molar-refractivity contribution in [2.24, 2.45) is 0 Å². The van der Waals surface area contributed by atoms with E-state index < -0.39 is 26.7 Å². The zero-order chi connectivity index (χ0) is 18.0. The molecule has 1 N–H and O–H groups in total. The van der Waals surface area contributed by atoms with Gasteiger partial charge in [-0.3, -0.25) is 4.72 Å². The minimum absolute atomic E-state index is 0.147. The molecule has 0 fully saturated rings. The van der Waals surface area contributed by atoms with E-state index in [0.717, 1.165) is 12.1 Å². The van der Waals surface area contributed by atoms with Crippen LogP contribution < -0.4 is 4.72 Å². The average molecular weight is 354 g/mol. The van der Waals surface area contributed by atoms with Crippen LogP contribution in [0.3, 0.4) is 0 Å². The molecule has 2 aromatic rings. The number of benzene rings is 2. The van der Waals surface area contributed by atoms with Gasteiger partial charge in [0.1, 0.15) is 0 Å². The van der Waals surface area contributed by atoms with Crippen LogP contribution >= 0.6 is 0 Å². The molecule has 0 unspecified atom stereocenters. The second-order valence-corrected chi connectivity index (χ2v) is 6.59. The minimum Gasteiger partial charge on any atom is -0.279 e. The van der Waals surface area contributed by atoms with Crippen molar-refractivity contribution in [3.63, 3.8) is 0 Å². The summed E-state index contributed by atoms with van der Waals surface area (Å²) in [5, 5.41) is 8.87. The summed E-state index contributed by atoms with van der Waals surface area (Å²) in [6.45, 7) is 1.75. The molecule has 0 saturated heterocycles. The maximum atomic E-state index is 13.0. The fourth-order valence-electron chi connectivity index (χ4n) is 2.19. The second-order valence-electron chi connectivity index (χ2n) is 4.94. The van der Waals surface area contributed by atoms with Crippen LogP contribution in [0.15, 0.2) is 47.4 Å². The summed E-state index contributed by atoms with van der Waals surface area (Å²) in [7, 11) is -4.43. The molecule has 0 spiro atoms. The van der Waals surface area contributed by atoms with Crippen LogP contribution in [0.1, 0.15) is 23.6 Å². The Hall–Kier alpha value is -2.53. The molecule has 0 radical (unpaired) electrons. The van der Waals surface area contributed by atoms with Gasteiger partial charge in [0, 0.05) is 0 Å². The first-order valence-electron chi connectivity index (χ1n) is 6.91. The summed E-state index contributed by atoms with van der Waals surface area (Å²) < 4.78 is 66.1. The van der Waals surface area contributed by atoms with E-state index in [0.29, 0.717) is 23.6 Å². The van der Waals surface area contributed by atoms with Crippen LogP contribution in [-0.2, 0) is 22.6 Å². The van der Waals surface area contributed by atoms with Crippen LogP contribution in [0.25, 0.3) is 0 Å². The van der Waals surface area contributed by atoms with E-state index in [1.54, 1.807) is 6.92 Å². The third-order valence-corrected chi connectivity index (χ3v) is 4.77. The van der Waals surface area contributed by atoms with Crippen LogP contribution in [0.4, 0.5) is 18.9 Å². The van der Waals surface area contributed by atoms with E-state index in [2.05, 4.69) is 4.72 Å². The molecule has 0 heterocycles. The standard InChI is InChI=1S/C16H13F3N2O2S/c1-2-12-9-11(10-20)7-8-14(12)21-24(22,23)15-6-4-3-5-13(15)16(17,18)19/h3-9,21H,2H2,1H3. The first kappa shape index (κ1) is 17.8. The van der Waals surface area contributed by atoms with Crippen molar-refractivity contribution >= 4 is 15.7 Å². The highest BCUT2D eigenvalue weighted by Crippen LogP contribution is 2.35. The van der Waals surface area contributed by atoms with E-state index in [9.17, 15) is 21.6 Å². The van der Waals surface area contributed by atoms with Gasteiger partial charge in [0.05, 0.1) is 27.8 Å². The van der Waals surface area contributed by atoms with Crippen molar-refractivity contribution in [1.29, 1.82) is 5.26 Å². The van der Waals surface area contributed by atoms with Crippen LogP contribution in [0.2, 0.25) is 0 Å². The Balaban J connectivity index is 2.50. The van der Waals surface area contributed by atoms with Gasteiger partial charge >= 0.3 is 6.18 Å². The lowest BCUT2D eigenvalue weighted by Crippen LogP contribution is -2.19. The molecular formula is C16H13F3N2O2S. The molecule has 0 bridgehead atoms. The molecule has 0 aliphatic heterocycles. The Labute approximate surface area is 137 Å². The Morgan fingerprint density at radius 3 is 2.42 bits per heavy atom. The zero-order valence-electron chi connectivity index (χ0n) is 12.6. The van der Waals surface area contributed by atoms with Gasteiger partial charge < -0.3 is 0 Å². The molecule has 4 nitrogen and oxygen atoms in total. The molecule has 0 amide bonds. The smallest absolute Gasteiger partial charge is 0.279 e. The molecule has 0 atom stereocenters. The van der Waals surface area contributed by atoms with Crippen LogP contribution in [0, 0.1) is 11.3 Å². The largest absolute Gasteiger partial charge is 0.417 e. The third-order valence-electron chi connectivity index (χ3n) is 3.34. The Morgan fingerprint density at radius 1 is 1.17 bits per heavy atom. The van der Waals surface area contributed by atoms with Crippen LogP contribution in [-0.4, -0.2) is 8.42 Å². The topological polar surface area (TPSA) is 70.0 Å². The van der Waals surface area contributed by atoms with Gasteiger partial charge in [-0.25, -0.2) is 8.42 Å². The number of anilines is 1. The molecule has 0 saturated carbocycles. The number of alkyl halides is 3. The van der Waals surface area contributed by atoms with E-state index in [4.69, 9.17) is 5.26 Å². The minimum atomic E-state index is -4.79. The fraction of sp³-hybridized carbons (Fsp3) is 0.188. The van der Waals surface area contributed by atoms with Gasteiger partial charge in [-0.05, 0) is 42.3 Å². The van der Waals surface area contributed by atoms with Gasteiger partial charge in [-0.15, -0.1) is 0 Å². The van der Waals surface area contributed by atoms with Crippen molar-refractivity contribution in [1.82, 2.24) is 0 Å². The zero-order valence-corrected chi connectivity index (χ0v) is 13.4. The number of halogens is 3. The summed E-state index contributed by atoms with van der Waals surface area (Å²) in [5.74, 6) is 0. The third kappa shape index (κ3) is 3.68. The van der Waals surface area contributed by atoms with E-state index >= 15 is 0 Å². The monoisotopic (exact) mass is 354 g/mol. The summed E-state index contributed by atoms with van der Waals surface area (Å²) in [6, 6.07) is 10.2. The molecule has 2 aromatic carbocycles.